The van der Waals surface area contributed by atoms with Crippen LogP contribution >= 0.6 is 0 Å². The Kier molecular flexibility index (Phi) is 6.71. The highest BCUT2D eigenvalue weighted by atomic mass is 16.2. The van der Waals surface area contributed by atoms with Crippen LogP contribution in [-0.4, -0.2) is 31.3 Å². The lowest BCUT2D eigenvalue weighted by Gasteiger charge is -2.08. The van der Waals surface area contributed by atoms with Gasteiger partial charge in [0.05, 0.1) is 0 Å². The summed E-state index contributed by atoms with van der Waals surface area (Å²) < 4.78 is 0. The molecule has 0 heterocycles. The van der Waals surface area contributed by atoms with E-state index in [1.165, 1.54) is 0 Å². The molecule has 0 unspecified atom stereocenters. The van der Waals surface area contributed by atoms with Crippen LogP contribution in [0.4, 0.5) is 5.69 Å². The van der Waals surface area contributed by atoms with Crippen LogP contribution < -0.4 is 16.0 Å². The first-order valence-electron chi connectivity index (χ1n) is 8.05. The van der Waals surface area contributed by atoms with Crippen LogP contribution in [-0.2, 0) is 4.79 Å². The van der Waals surface area contributed by atoms with Crippen LogP contribution in [0.2, 0.25) is 0 Å². The Morgan fingerprint density at radius 3 is 2.32 bits per heavy atom. The molecule has 2 rings (SSSR count). The number of hydrogen-bond acceptors (Lipinski definition) is 3. The van der Waals surface area contributed by atoms with Gasteiger partial charge < -0.3 is 16.0 Å². The second-order valence-corrected chi connectivity index (χ2v) is 5.43. The second kappa shape index (κ2) is 9.22. The maximum atomic E-state index is 12.0. The van der Waals surface area contributed by atoms with Crippen molar-refractivity contribution < 1.29 is 14.4 Å². The first kappa shape index (κ1) is 18.2. The van der Waals surface area contributed by atoms with E-state index in [1.54, 1.807) is 55.6 Å². The van der Waals surface area contributed by atoms with Crippen LogP contribution in [0.3, 0.4) is 0 Å². The summed E-state index contributed by atoms with van der Waals surface area (Å²) in [6, 6.07) is 15.6. The lowest BCUT2D eigenvalue weighted by molar-refractivity contribution is -0.116. The number of carbonyl (C=O) groups excluding carboxylic acids is 3. The Hall–Kier alpha value is -3.15. The van der Waals surface area contributed by atoms with Gasteiger partial charge in [-0.05, 0) is 36.8 Å². The summed E-state index contributed by atoms with van der Waals surface area (Å²) in [7, 11) is 1.55. The molecule has 0 aliphatic heterocycles. The van der Waals surface area contributed by atoms with E-state index in [-0.39, 0.29) is 24.1 Å². The predicted molar refractivity (Wildman–Crippen MR) is 96.5 cm³/mol. The van der Waals surface area contributed by atoms with E-state index in [2.05, 4.69) is 16.0 Å². The predicted octanol–water partition coefficient (Wildman–Crippen LogP) is 2.19. The van der Waals surface area contributed by atoms with Gasteiger partial charge >= 0.3 is 0 Å². The molecule has 3 N–H and O–H groups in total. The van der Waals surface area contributed by atoms with Crippen LogP contribution in [0.15, 0.2) is 54.6 Å². The summed E-state index contributed by atoms with van der Waals surface area (Å²) >= 11 is 0. The first-order chi connectivity index (χ1) is 12.1. The topological polar surface area (TPSA) is 87.3 Å². The highest BCUT2D eigenvalue weighted by molar-refractivity contribution is 5.97. The molecule has 2 aromatic carbocycles. The molecule has 130 valence electrons. The molecular formula is C19H21N3O3. The second-order valence-electron chi connectivity index (χ2n) is 5.43. The van der Waals surface area contributed by atoms with Crippen molar-refractivity contribution in [1.29, 1.82) is 0 Å². The van der Waals surface area contributed by atoms with Gasteiger partial charge in [0.1, 0.15) is 0 Å². The lowest BCUT2D eigenvalue weighted by atomic mass is 10.2. The molecule has 6 nitrogen and oxygen atoms in total. The Labute approximate surface area is 146 Å². The maximum absolute atomic E-state index is 12.0. The zero-order chi connectivity index (χ0) is 18.1. The fraction of sp³-hybridized carbons (Fsp3) is 0.211. The van der Waals surface area contributed by atoms with E-state index in [4.69, 9.17) is 0 Å². The molecule has 0 aliphatic carbocycles. The largest absolute Gasteiger partial charge is 0.355 e. The van der Waals surface area contributed by atoms with Crippen molar-refractivity contribution in [1.82, 2.24) is 10.6 Å². The van der Waals surface area contributed by atoms with Crippen LogP contribution in [0, 0.1) is 0 Å². The minimum Gasteiger partial charge on any atom is -0.355 e. The first-order valence-corrected chi connectivity index (χ1v) is 8.05. The summed E-state index contributed by atoms with van der Waals surface area (Å²) in [6.45, 7) is 0.416. The number of rotatable bonds is 7. The highest BCUT2D eigenvalue weighted by Crippen LogP contribution is 2.11. The molecule has 0 atom stereocenters. The standard InChI is InChI=1S/C19H21N3O3/c1-20-18(24)15-9-5-10-16(13-15)22-17(23)11-6-12-21-19(25)14-7-3-2-4-8-14/h2-5,7-10,13H,6,11-12H2,1H3,(H,20,24)(H,21,25)(H,22,23). The summed E-state index contributed by atoms with van der Waals surface area (Å²) in [5.74, 6) is -0.526. The van der Waals surface area contributed by atoms with Crippen molar-refractivity contribution in [2.45, 2.75) is 12.8 Å². The summed E-state index contributed by atoms with van der Waals surface area (Å²) in [4.78, 5) is 35.4. The van der Waals surface area contributed by atoms with Gasteiger partial charge in [-0.2, -0.15) is 0 Å². The minimum absolute atomic E-state index is 0.153. The van der Waals surface area contributed by atoms with E-state index < -0.39 is 0 Å². The average Bonchev–Trinajstić information content (AvgIpc) is 2.65. The number of anilines is 1. The number of amides is 3. The monoisotopic (exact) mass is 339 g/mol. The molecule has 3 amide bonds. The molecule has 0 saturated heterocycles. The van der Waals surface area contributed by atoms with Gasteiger partial charge in [-0.1, -0.05) is 24.3 Å². The van der Waals surface area contributed by atoms with Gasteiger partial charge in [0.2, 0.25) is 5.91 Å². The molecule has 0 bridgehead atoms. The molecule has 2 aromatic rings. The number of hydrogen-bond donors (Lipinski definition) is 3. The van der Waals surface area contributed by atoms with Gasteiger partial charge in [0, 0.05) is 36.8 Å². The molecule has 0 radical (unpaired) electrons. The third-order valence-electron chi connectivity index (χ3n) is 3.54. The average molecular weight is 339 g/mol. The van der Waals surface area contributed by atoms with E-state index in [9.17, 15) is 14.4 Å². The minimum atomic E-state index is -0.209. The fourth-order valence-electron chi connectivity index (χ4n) is 2.25. The maximum Gasteiger partial charge on any atom is 0.251 e. The zero-order valence-corrected chi connectivity index (χ0v) is 14.0. The van der Waals surface area contributed by atoms with Gasteiger partial charge in [-0.25, -0.2) is 0 Å². The number of benzene rings is 2. The third-order valence-corrected chi connectivity index (χ3v) is 3.54. The van der Waals surface area contributed by atoms with E-state index in [0.717, 1.165) is 0 Å². The quantitative estimate of drug-likeness (QED) is 0.676. The Morgan fingerprint density at radius 2 is 1.60 bits per heavy atom. The van der Waals surface area contributed by atoms with Crippen molar-refractivity contribution in [2.75, 3.05) is 18.9 Å². The van der Waals surface area contributed by atoms with E-state index >= 15 is 0 Å². The Morgan fingerprint density at radius 1 is 0.880 bits per heavy atom. The fourth-order valence-corrected chi connectivity index (χ4v) is 2.25. The van der Waals surface area contributed by atoms with E-state index in [1.807, 2.05) is 6.07 Å². The molecule has 6 heteroatoms. The number of nitrogens with one attached hydrogen (secondary N) is 3. The third kappa shape index (κ3) is 5.76. The molecule has 0 spiro atoms. The summed E-state index contributed by atoms with van der Waals surface area (Å²) in [5.41, 5.74) is 1.65. The van der Waals surface area contributed by atoms with Crippen LogP contribution in [0.5, 0.6) is 0 Å². The Balaban J connectivity index is 1.74. The molecular weight excluding hydrogens is 318 g/mol. The van der Waals surface area contributed by atoms with Gasteiger partial charge in [0.25, 0.3) is 11.8 Å². The van der Waals surface area contributed by atoms with Crippen molar-refractivity contribution in [3.8, 4) is 0 Å². The van der Waals surface area contributed by atoms with Crippen molar-refractivity contribution in [3.63, 3.8) is 0 Å². The Bertz CT molecular complexity index is 745. The molecule has 0 aromatic heterocycles. The highest BCUT2D eigenvalue weighted by Gasteiger charge is 2.07. The van der Waals surface area contributed by atoms with Crippen LogP contribution in [0.1, 0.15) is 33.6 Å². The van der Waals surface area contributed by atoms with Gasteiger partial charge in [-0.15, -0.1) is 0 Å². The van der Waals surface area contributed by atoms with Crippen molar-refractivity contribution in [2.24, 2.45) is 0 Å². The summed E-state index contributed by atoms with van der Waals surface area (Å²) in [6.07, 6.45) is 0.804. The smallest absolute Gasteiger partial charge is 0.251 e. The van der Waals surface area contributed by atoms with Crippen molar-refractivity contribution in [3.05, 3.63) is 65.7 Å². The van der Waals surface area contributed by atoms with Gasteiger partial charge in [-0.3, -0.25) is 14.4 Å². The summed E-state index contributed by atoms with van der Waals surface area (Å²) in [5, 5.41) is 8.06. The molecule has 0 fully saturated rings. The normalized spacial score (nSPS) is 9.96. The van der Waals surface area contributed by atoms with Crippen molar-refractivity contribution >= 4 is 23.4 Å². The zero-order valence-electron chi connectivity index (χ0n) is 14.0. The van der Waals surface area contributed by atoms with Crippen LogP contribution in [0.25, 0.3) is 0 Å². The lowest BCUT2D eigenvalue weighted by Crippen LogP contribution is -2.25. The van der Waals surface area contributed by atoms with E-state index in [0.29, 0.717) is 29.8 Å². The molecule has 0 aliphatic rings. The molecule has 25 heavy (non-hydrogen) atoms. The van der Waals surface area contributed by atoms with Gasteiger partial charge in [0.15, 0.2) is 0 Å². The SMILES string of the molecule is CNC(=O)c1cccc(NC(=O)CCCNC(=O)c2ccccc2)c1. The number of carbonyl (C=O) groups is 3. The molecule has 0 saturated carbocycles.